The zero-order valence-corrected chi connectivity index (χ0v) is 15.2. The molecule has 0 saturated carbocycles. The van der Waals surface area contributed by atoms with Gasteiger partial charge in [0.15, 0.2) is 5.70 Å². The number of esters is 1. The van der Waals surface area contributed by atoms with Gasteiger partial charge >= 0.3 is 5.97 Å². The van der Waals surface area contributed by atoms with E-state index < -0.39 is 5.97 Å². The van der Waals surface area contributed by atoms with Gasteiger partial charge < -0.3 is 14.2 Å². The van der Waals surface area contributed by atoms with E-state index >= 15 is 0 Å². The molecule has 3 rings (SSSR count). The summed E-state index contributed by atoms with van der Waals surface area (Å²) in [5, 5.41) is 0. The van der Waals surface area contributed by atoms with Crippen molar-refractivity contribution in [2.45, 2.75) is 0 Å². The van der Waals surface area contributed by atoms with Crippen LogP contribution in [0.15, 0.2) is 53.2 Å². The number of ether oxygens (including phenoxy) is 3. The Morgan fingerprint density at radius 1 is 1.04 bits per heavy atom. The highest BCUT2D eigenvalue weighted by molar-refractivity contribution is 14.1. The third-order valence-corrected chi connectivity index (χ3v) is 4.11. The zero-order chi connectivity index (χ0) is 17.1. The van der Waals surface area contributed by atoms with E-state index in [-0.39, 0.29) is 5.70 Å². The highest BCUT2D eigenvalue weighted by Crippen LogP contribution is 2.26. The molecule has 1 aliphatic heterocycles. The van der Waals surface area contributed by atoms with Gasteiger partial charge in [-0.2, -0.15) is 0 Å². The lowest BCUT2D eigenvalue weighted by molar-refractivity contribution is -0.129. The molecule has 0 radical (unpaired) electrons. The van der Waals surface area contributed by atoms with Crippen molar-refractivity contribution in [1.29, 1.82) is 0 Å². The van der Waals surface area contributed by atoms with E-state index in [0.717, 1.165) is 14.7 Å². The Kier molecular flexibility index (Phi) is 4.84. The summed E-state index contributed by atoms with van der Waals surface area (Å²) in [6.45, 7) is 0. The average Bonchev–Trinajstić information content (AvgIpc) is 2.95. The lowest BCUT2D eigenvalue weighted by atomic mass is 10.1. The molecule has 0 atom stereocenters. The van der Waals surface area contributed by atoms with Gasteiger partial charge in [0.2, 0.25) is 5.90 Å². The highest BCUT2D eigenvalue weighted by Gasteiger charge is 2.24. The number of carbonyl (C=O) groups is 1. The van der Waals surface area contributed by atoms with Crippen molar-refractivity contribution >= 4 is 40.5 Å². The molecular formula is C18H14INO4. The number of methoxy groups -OCH3 is 2. The molecular weight excluding hydrogens is 421 g/mol. The monoisotopic (exact) mass is 435 g/mol. The molecule has 24 heavy (non-hydrogen) atoms. The Hall–Kier alpha value is -2.35. The second-order valence-corrected chi connectivity index (χ2v) is 6.23. The molecule has 0 fully saturated rings. The van der Waals surface area contributed by atoms with Gasteiger partial charge in [-0.1, -0.05) is 0 Å². The van der Waals surface area contributed by atoms with Crippen molar-refractivity contribution in [3.8, 4) is 11.5 Å². The first-order valence-electron chi connectivity index (χ1n) is 7.10. The van der Waals surface area contributed by atoms with E-state index in [1.807, 2.05) is 24.3 Å². The first kappa shape index (κ1) is 16.5. The third-order valence-electron chi connectivity index (χ3n) is 3.39. The summed E-state index contributed by atoms with van der Waals surface area (Å²) in [5.41, 5.74) is 1.74. The molecule has 2 aromatic rings. The summed E-state index contributed by atoms with van der Waals surface area (Å²) in [6, 6.07) is 12.9. The molecule has 0 aliphatic carbocycles. The lowest BCUT2D eigenvalue weighted by Crippen LogP contribution is -2.05. The van der Waals surface area contributed by atoms with Crippen molar-refractivity contribution < 1.29 is 19.0 Å². The van der Waals surface area contributed by atoms with E-state index in [4.69, 9.17) is 14.2 Å². The van der Waals surface area contributed by atoms with Gasteiger partial charge in [0.05, 0.1) is 14.2 Å². The van der Waals surface area contributed by atoms with Gasteiger partial charge in [-0.25, -0.2) is 9.79 Å². The first-order valence-corrected chi connectivity index (χ1v) is 8.18. The molecule has 0 amide bonds. The molecule has 122 valence electrons. The lowest BCUT2D eigenvalue weighted by Gasteiger charge is -2.05. The Bertz CT molecular complexity index is 818. The second-order valence-electron chi connectivity index (χ2n) is 4.99. The van der Waals surface area contributed by atoms with Crippen LogP contribution in [0.2, 0.25) is 0 Å². The van der Waals surface area contributed by atoms with Gasteiger partial charge in [-0.3, -0.25) is 0 Å². The van der Waals surface area contributed by atoms with Gasteiger partial charge in [-0.05, 0) is 70.6 Å². The van der Waals surface area contributed by atoms with Crippen LogP contribution < -0.4 is 9.47 Å². The fourth-order valence-corrected chi connectivity index (χ4v) is 2.56. The molecule has 5 nitrogen and oxygen atoms in total. The fraction of sp³-hybridized carbons (Fsp3) is 0.111. The smallest absolute Gasteiger partial charge is 0.363 e. The number of hydrogen-bond acceptors (Lipinski definition) is 5. The predicted octanol–water partition coefficient (Wildman–Crippen LogP) is 3.65. The maximum absolute atomic E-state index is 12.1. The van der Waals surface area contributed by atoms with Crippen LogP contribution in [0.3, 0.4) is 0 Å². The van der Waals surface area contributed by atoms with Gasteiger partial charge in [-0.15, -0.1) is 0 Å². The molecule has 0 bridgehead atoms. The normalized spacial score (nSPS) is 15.2. The van der Waals surface area contributed by atoms with Crippen molar-refractivity contribution in [2.75, 3.05) is 14.2 Å². The quantitative estimate of drug-likeness (QED) is 0.418. The minimum absolute atomic E-state index is 0.235. The van der Waals surface area contributed by atoms with Crippen LogP contribution in [0.1, 0.15) is 11.1 Å². The van der Waals surface area contributed by atoms with E-state index in [9.17, 15) is 4.79 Å². The number of cyclic esters (lactones) is 1. The van der Waals surface area contributed by atoms with Gasteiger partial charge in [0.1, 0.15) is 11.5 Å². The third kappa shape index (κ3) is 3.59. The molecule has 1 aliphatic rings. The standard InChI is InChI=1S/C18H14INO4/c1-22-14-7-11(8-15(10-14)23-2)9-16-18(21)24-17(20-16)12-3-5-13(19)6-4-12/h3-10H,1-2H3. The minimum Gasteiger partial charge on any atom is -0.497 e. The Morgan fingerprint density at radius 3 is 2.25 bits per heavy atom. The number of benzene rings is 2. The summed E-state index contributed by atoms with van der Waals surface area (Å²) >= 11 is 2.21. The average molecular weight is 435 g/mol. The summed E-state index contributed by atoms with van der Waals surface area (Å²) in [5.74, 6) is 1.09. The molecule has 0 saturated heterocycles. The van der Waals surface area contributed by atoms with Crippen molar-refractivity contribution in [2.24, 2.45) is 4.99 Å². The van der Waals surface area contributed by atoms with Gasteiger partial charge in [0, 0.05) is 15.2 Å². The second kappa shape index (κ2) is 7.04. The first-order chi connectivity index (χ1) is 11.6. The molecule has 2 aromatic carbocycles. The predicted molar refractivity (Wildman–Crippen MR) is 99.3 cm³/mol. The van der Waals surface area contributed by atoms with E-state index in [1.165, 1.54) is 0 Å². The van der Waals surface area contributed by atoms with E-state index in [0.29, 0.717) is 17.4 Å². The summed E-state index contributed by atoms with van der Waals surface area (Å²) < 4.78 is 16.8. The van der Waals surface area contributed by atoms with E-state index in [1.54, 1.807) is 38.5 Å². The maximum atomic E-state index is 12.1. The molecule has 0 aromatic heterocycles. The maximum Gasteiger partial charge on any atom is 0.363 e. The van der Waals surface area contributed by atoms with Crippen LogP contribution in [-0.4, -0.2) is 26.1 Å². The topological polar surface area (TPSA) is 57.1 Å². The molecule has 0 unspecified atom stereocenters. The Morgan fingerprint density at radius 2 is 1.67 bits per heavy atom. The number of aliphatic imine (C=N–C) groups is 1. The van der Waals surface area contributed by atoms with Gasteiger partial charge in [0.25, 0.3) is 0 Å². The van der Waals surface area contributed by atoms with Crippen molar-refractivity contribution in [1.82, 2.24) is 0 Å². The van der Waals surface area contributed by atoms with Crippen LogP contribution in [0.4, 0.5) is 0 Å². The van der Waals surface area contributed by atoms with Crippen LogP contribution in [0.25, 0.3) is 6.08 Å². The van der Waals surface area contributed by atoms with E-state index in [2.05, 4.69) is 27.6 Å². The molecule has 1 heterocycles. The fourth-order valence-electron chi connectivity index (χ4n) is 2.20. The summed E-state index contributed by atoms with van der Waals surface area (Å²) in [7, 11) is 3.14. The number of nitrogens with zero attached hydrogens (tertiary/aromatic N) is 1. The molecule has 0 N–H and O–H groups in total. The number of carbonyl (C=O) groups excluding carboxylic acids is 1. The van der Waals surface area contributed by atoms with Crippen LogP contribution >= 0.6 is 22.6 Å². The number of halogens is 1. The van der Waals surface area contributed by atoms with Crippen LogP contribution in [0, 0.1) is 3.57 Å². The summed E-state index contributed by atoms with van der Waals surface area (Å²) in [4.78, 5) is 16.4. The molecule has 6 heteroatoms. The zero-order valence-electron chi connectivity index (χ0n) is 13.1. The molecule has 0 spiro atoms. The SMILES string of the molecule is COc1cc(C=C2N=C(c3ccc(I)cc3)OC2=O)cc(OC)c1. The van der Waals surface area contributed by atoms with Crippen LogP contribution in [0.5, 0.6) is 11.5 Å². The largest absolute Gasteiger partial charge is 0.497 e. The number of rotatable bonds is 4. The number of hydrogen-bond donors (Lipinski definition) is 0. The van der Waals surface area contributed by atoms with Crippen molar-refractivity contribution in [3.05, 3.63) is 62.9 Å². The highest BCUT2D eigenvalue weighted by atomic mass is 127. The summed E-state index contributed by atoms with van der Waals surface area (Å²) in [6.07, 6.45) is 1.65. The Balaban J connectivity index is 1.95. The van der Waals surface area contributed by atoms with Crippen molar-refractivity contribution in [3.63, 3.8) is 0 Å². The Labute approximate surface area is 153 Å². The van der Waals surface area contributed by atoms with Crippen LogP contribution in [-0.2, 0) is 9.53 Å². The minimum atomic E-state index is -0.481.